The lowest BCUT2D eigenvalue weighted by Crippen LogP contribution is -2.35. The molecule has 24 heavy (non-hydrogen) atoms. The Hall–Kier alpha value is -2.62. The lowest BCUT2D eigenvalue weighted by Gasteiger charge is -2.27. The van der Waals surface area contributed by atoms with Gasteiger partial charge in [-0.05, 0) is 55.3 Å². The first-order chi connectivity index (χ1) is 11.5. The number of rotatable bonds is 1. The molecule has 0 saturated carbocycles. The van der Waals surface area contributed by atoms with Crippen LogP contribution >= 0.6 is 0 Å². The van der Waals surface area contributed by atoms with Gasteiger partial charge in [-0.15, -0.1) is 0 Å². The van der Waals surface area contributed by atoms with Crippen molar-refractivity contribution in [3.05, 3.63) is 70.2 Å². The molecule has 122 valence electrons. The zero-order valence-electron chi connectivity index (χ0n) is 13.8. The van der Waals surface area contributed by atoms with E-state index in [-0.39, 0.29) is 11.7 Å². The fraction of sp³-hybridized carbons (Fsp3) is 0.250. The van der Waals surface area contributed by atoms with Crippen LogP contribution in [-0.4, -0.2) is 22.3 Å². The van der Waals surface area contributed by atoms with E-state index in [0.717, 1.165) is 34.1 Å². The van der Waals surface area contributed by atoms with Crippen molar-refractivity contribution in [1.29, 1.82) is 0 Å². The van der Waals surface area contributed by atoms with Gasteiger partial charge in [-0.2, -0.15) is 0 Å². The summed E-state index contributed by atoms with van der Waals surface area (Å²) in [4.78, 5) is 18.0. The standard InChI is InChI=1S/C20H19FN2O/c1-12-3-4-14(9-13(12)2)20(24)23-8-7-19-17(11-23)16-10-15(21)5-6-18(16)22-19/h3-6,9-10,22H,7-8,11H2,1-2H3. The first-order valence-electron chi connectivity index (χ1n) is 8.18. The van der Waals surface area contributed by atoms with Crippen molar-refractivity contribution in [2.24, 2.45) is 0 Å². The van der Waals surface area contributed by atoms with Crippen LogP contribution in [-0.2, 0) is 13.0 Å². The second-order valence-corrected chi connectivity index (χ2v) is 6.55. The van der Waals surface area contributed by atoms with Gasteiger partial charge in [0.1, 0.15) is 5.82 Å². The molecule has 0 unspecified atom stereocenters. The van der Waals surface area contributed by atoms with Gasteiger partial charge in [-0.1, -0.05) is 6.07 Å². The van der Waals surface area contributed by atoms with E-state index < -0.39 is 0 Å². The molecule has 0 radical (unpaired) electrons. The Morgan fingerprint density at radius 1 is 1.12 bits per heavy atom. The molecule has 1 aliphatic rings. The number of carbonyl (C=O) groups is 1. The molecule has 1 aromatic heterocycles. The summed E-state index contributed by atoms with van der Waals surface area (Å²) in [5.41, 5.74) is 6.09. The molecule has 0 saturated heterocycles. The lowest BCUT2D eigenvalue weighted by molar-refractivity contribution is 0.0735. The third kappa shape index (κ3) is 2.39. The highest BCUT2D eigenvalue weighted by Crippen LogP contribution is 2.29. The average Bonchev–Trinajstić information content (AvgIpc) is 2.94. The van der Waals surface area contributed by atoms with Gasteiger partial charge in [0.25, 0.3) is 5.91 Å². The van der Waals surface area contributed by atoms with Crippen LogP contribution in [0.1, 0.15) is 32.7 Å². The highest BCUT2D eigenvalue weighted by atomic mass is 19.1. The number of nitrogens with one attached hydrogen (secondary N) is 1. The molecular weight excluding hydrogens is 303 g/mol. The minimum absolute atomic E-state index is 0.0366. The summed E-state index contributed by atoms with van der Waals surface area (Å²) in [5.74, 6) is -0.212. The molecule has 4 heteroatoms. The second kappa shape index (κ2) is 5.48. The number of amides is 1. The highest BCUT2D eigenvalue weighted by molar-refractivity contribution is 5.95. The SMILES string of the molecule is Cc1ccc(C(=O)N2CCc3[nH]c4ccc(F)cc4c3C2)cc1C. The highest BCUT2D eigenvalue weighted by Gasteiger charge is 2.25. The van der Waals surface area contributed by atoms with E-state index in [1.165, 1.54) is 11.6 Å². The second-order valence-electron chi connectivity index (χ2n) is 6.55. The summed E-state index contributed by atoms with van der Waals surface area (Å²) in [7, 11) is 0. The van der Waals surface area contributed by atoms with Gasteiger partial charge in [-0.3, -0.25) is 4.79 Å². The average molecular weight is 322 g/mol. The summed E-state index contributed by atoms with van der Waals surface area (Å²) in [6.07, 6.45) is 0.766. The molecule has 0 aliphatic carbocycles. The van der Waals surface area contributed by atoms with Crippen LogP contribution in [0.2, 0.25) is 0 Å². The molecule has 1 N–H and O–H groups in total. The number of fused-ring (bicyclic) bond motifs is 3. The summed E-state index contributed by atoms with van der Waals surface area (Å²) >= 11 is 0. The Kier molecular flexibility index (Phi) is 3.41. The van der Waals surface area contributed by atoms with E-state index in [9.17, 15) is 9.18 Å². The van der Waals surface area contributed by atoms with Crippen LogP contribution in [0.3, 0.4) is 0 Å². The minimum atomic E-state index is -0.248. The number of benzene rings is 2. The maximum Gasteiger partial charge on any atom is 0.254 e. The minimum Gasteiger partial charge on any atom is -0.358 e. The topological polar surface area (TPSA) is 36.1 Å². The maximum atomic E-state index is 13.6. The van der Waals surface area contributed by atoms with Crippen molar-refractivity contribution in [2.75, 3.05) is 6.54 Å². The summed E-state index contributed by atoms with van der Waals surface area (Å²) < 4.78 is 13.6. The van der Waals surface area contributed by atoms with E-state index in [4.69, 9.17) is 0 Å². The fourth-order valence-electron chi connectivity index (χ4n) is 3.42. The van der Waals surface area contributed by atoms with Crippen molar-refractivity contribution < 1.29 is 9.18 Å². The number of aryl methyl sites for hydroxylation is 2. The number of halogens is 1. The third-order valence-corrected chi connectivity index (χ3v) is 4.98. The maximum absolute atomic E-state index is 13.6. The Morgan fingerprint density at radius 3 is 2.75 bits per heavy atom. The first kappa shape index (κ1) is 14.9. The molecular formula is C20H19FN2O. The number of nitrogens with zero attached hydrogens (tertiary/aromatic N) is 1. The van der Waals surface area contributed by atoms with E-state index in [0.29, 0.717) is 18.7 Å². The zero-order chi connectivity index (χ0) is 16.8. The van der Waals surface area contributed by atoms with Crippen LogP contribution in [0.5, 0.6) is 0 Å². The van der Waals surface area contributed by atoms with Gasteiger partial charge < -0.3 is 9.88 Å². The molecule has 4 rings (SSSR count). The quantitative estimate of drug-likeness (QED) is 0.719. The Morgan fingerprint density at radius 2 is 1.96 bits per heavy atom. The van der Waals surface area contributed by atoms with Gasteiger partial charge >= 0.3 is 0 Å². The number of hydrogen-bond donors (Lipinski definition) is 1. The van der Waals surface area contributed by atoms with E-state index in [2.05, 4.69) is 4.98 Å². The van der Waals surface area contributed by atoms with Crippen LogP contribution in [0.4, 0.5) is 4.39 Å². The van der Waals surface area contributed by atoms with Crippen molar-refractivity contribution in [1.82, 2.24) is 9.88 Å². The van der Waals surface area contributed by atoms with Gasteiger partial charge in [0.15, 0.2) is 0 Å². The molecule has 2 heterocycles. The van der Waals surface area contributed by atoms with Crippen LogP contribution in [0.15, 0.2) is 36.4 Å². The van der Waals surface area contributed by atoms with Gasteiger partial charge in [0.05, 0.1) is 0 Å². The number of carbonyl (C=O) groups excluding carboxylic acids is 1. The molecule has 2 aromatic carbocycles. The Bertz CT molecular complexity index is 958. The number of aromatic nitrogens is 1. The Balaban J connectivity index is 1.68. The lowest BCUT2D eigenvalue weighted by atomic mass is 10.0. The van der Waals surface area contributed by atoms with E-state index in [1.807, 2.05) is 36.9 Å². The zero-order valence-corrected chi connectivity index (χ0v) is 13.8. The van der Waals surface area contributed by atoms with Crippen LogP contribution in [0.25, 0.3) is 10.9 Å². The van der Waals surface area contributed by atoms with Crippen LogP contribution < -0.4 is 0 Å². The number of aromatic amines is 1. The van der Waals surface area contributed by atoms with Gasteiger partial charge in [0, 0.05) is 47.2 Å². The van der Waals surface area contributed by atoms with Crippen molar-refractivity contribution in [3.63, 3.8) is 0 Å². The molecule has 0 atom stereocenters. The molecule has 1 amide bonds. The normalized spacial score (nSPS) is 14.0. The third-order valence-electron chi connectivity index (χ3n) is 4.98. The van der Waals surface area contributed by atoms with E-state index in [1.54, 1.807) is 12.1 Å². The predicted molar refractivity (Wildman–Crippen MR) is 92.6 cm³/mol. The molecule has 0 fully saturated rings. The number of H-pyrrole nitrogens is 1. The van der Waals surface area contributed by atoms with Crippen molar-refractivity contribution in [2.45, 2.75) is 26.8 Å². The smallest absolute Gasteiger partial charge is 0.254 e. The molecule has 0 bridgehead atoms. The first-order valence-corrected chi connectivity index (χ1v) is 8.18. The van der Waals surface area contributed by atoms with Crippen molar-refractivity contribution >= 4 is 16.8 Å². The molecule has 1 aliphatic heterocycles. The van der Waals surface area contributed by atoms with E-state index >= 15 is 0 Å². The largest absolute Gasteiger partial charge is 0.358 e. The fourth-order valence-corrected chi connectivity index (χ4v) is 3.42. The van der Waals surface area contributed by atoms with Gasteiger partial charge in [-0.25, -0.2) is 4.39 Å². The molecule has 0 spiro atoms. The number of hydrogen-bond acceptors (Lipinski definition) is 1. The Labute approximate surface area is 140 Å². The molecule has 3 nitrogen and oxygen atoms in total. The summed E-state index contributed by atoms with van der Waals surface area (Å²) in [6.45, 7) is 5.25. The summed E-state index contributed by atoms with van der Waals surface area (Å²) in [6, 6.07) is 10.6. The predicted octanol–water partition coefficient (Wildman–Crippen LogP) is 4.12. The monoisotopic (exact) mass is 322 g/mol. The summed E-state index contributed by atoms with van der Waals surface area (Å²) in [5, 5.41) is 0.877. The molecule has 3 aromatic rings. The van der Waals surface area contributed by atoms with Gasteiger partial charge in [0.2, 0.25) is 0 Å². The van der Waals surface area contributed by atoms with Crippen LogP contribution in [0, 0.1) is 19.7 Å². The van der Waals surface area contributed by atoms with Crippen molar-refractivity contribution in [3.8, 4) is 0 Å².